The zero-order valence-electron chi connectivity index (χ0n) is 30.4. The van der Waals surface area contributed by atoms with Crippen LogP contribution in [0, 0.1) is 5.41 Å². The number of methoxy groups -OCH3 is 2. The van der Waals surface area contributed by atoms with E-state index < -0.39 is 5.41 Å². The molecule has 54 heavy (non-hydrogen) atoms. The summed E-state index contributed by atoms with van der Waals surface area (Å²) in [5.41, 5.74) is 14.0. The number of anilines is 3. The first-order valence-electron chi connectivity index (χ1n) is 18.2. The van der Waals surface area contributed by atoms with Gasteiger partial charge in [0.1, 0.15) is 6.61 Å². The Morgan fingerprint density at radius 3 is 2.26 bits per heavy atom. The minimum Gasteiger partial charge on any atom is -0.493 e. The average Bonchev–Trinajstić information content (AvgIpc) is 3.66. The number of nitrogens with zero attached hydrogens (tertiary/aromatic N) is 3. The highest BCUT2D eigenvalue weighted by atomic mass is 16.5. The van der Waals surface area contributed by atoms with E-state index in [1.807, 2.05) is 64.6 Å². The van der Waals surface area contributed by atoms with E-state index in [-0.39, 0.29) is 30.5 Å². The van der Waals surface area contributed by atoms with Crippen molar-refractivity contribution in [2.75, 3.05) is 49.1 Å². The fourth-order valence-electron chi connectivity index (χ4n) is 8.48. The third-order valence-corrected chi connectivity index (χ3v) is 10.9. The number of ether oxygens (including phenoxy) is 4. The maximum absolute atomic E-state index is 13.9. The van der Waals surface area contributed by atoms with E-state index in [4.69, 9.17) is 29.7 Å². The SMILES string of the molecule is COc1cc2c(cc1OCC1=CC(C)(COc3cc4c(cc3OC)C(=O)N3c5ccccc5C[C@H]3CN4)CC(N)=C1)N=C[C@@H]1Cc3ccccc3N1C2=O. The van der Waals surface area contributed by atoms with E-state index in [9.17, 15) is 9.59 Å². The number of fused-ring (bicyclic) bond motifs is 8. The Hall–Kier alpha value is -6.23. The third-order valence-electron chi connectivity index (χ3n) is 10.9. The van der Waals surface area contributed by atoms with E-state index in [1.54, 1.807) is 32.4 Å². The molecular formula is C43H41N5O6. The van der Waals surface area contributed by atoms with Crippen LogP contribution in [0.2, 0.25) is 0 Å². The lowest BCUT2D eigenvalue weighted by atomic mass is 9.80. The highest BCUT2D eigenvalue weighted by molar-refractivity contribution is 6.15. The van der Waals surface area contributed by atoms with Crippen LogP contribution >= 0.6 is 0 Å². The minimum absolute atomic E-state index is 0.0243. The Kier molecular flexibility index (Phi) is 8.10. The highest BCUT2D eigenvalue weighted by Gasteiger charge is 2.39. The van der Waals surface area contributed by atoms with Gasteiger partial charge < -0.3 is 34.9 Å². The Morgan fingerprint density at radius 2 is 1.50 bits per heavy atom. The van der Waals surface area contributed by atoms with Crippen LogP contribution in [0.1, 0.15) is 45.2 Å². The second-order valence-electron chi connectivity index (χ2n) is 14.8. The summed E-state index contributed by atoms with van der Waals surface area (Å²) in [6.07, 6.45) is 7.99. The number of nitrogens with one attached hydrogen (secondary N) is 1. The third kappa shape index (κ3) is 5.71. The number of carbonyl (C=O) groups excluding carboxylic acids is 2. The molecule has 5 aliphatic rings. The second-order valence-corrected chi connectivity index (χ2v) is 14.8. The van der Waals surface area contributed by atoms with Crippen molar-refractivity contribution < 1.29 is 28.5 Å². The molecule has 2 amide bonds. The van der Waals surface area contributed by atoms with Crippen molar-refractivity contribution in [1.82, 2.24) is 0 Å². The van der Waals surface area contributed by atoms with Gasteiger partial charge in [0, 0.05) is 53.8 Å². The van der Waals surface area contributed by atoms with Gasteiger partial charge >= 0.3 is 0 Å². The van der Waals surface area contributed by atoms with E-state index in [2.05, 4.69) is 30.4 Å². The number of rotatable bonds is 8. The molecule has 3 atom stereocenters. The molecule has 0 bridgehead atoms. The van der Waals surface area contributed by atoms with Crippen LogP contribution < -0.4 is 39.8 Å². The lowest BCUT2D eigenvalue weighted by molar-refractivity contribution is 0.0976. The van der Waals surface area contributed by atoms with Gasteiger partial charge in [-0.25, -0.2) is 0 Å². The summed E-state index contributed by atoms with van der Waals surface area (Å²) in [5, 5.41) is 3.50. The molecule has 0 saturated heterocycles. The van der Waals surface area contributed by atoms with Gasteiger partial charge in [-0.3, -0.25) is 19.5 Å². The predicted octanol–water partition coefficient (Wildman–Crippen LogP) is 6.63. The first-order valence-corrected chi connectivity index (χ1v) is 18.2. The molecule has 11 nitrogen and oxygen atoms in total. The van der Waals surface area contributed by atoms with E-state index in [0.717, 1.165) is 28.9 Å². The zero-order valence-corrected chi connectivity index (χ0v) is 30.4. The summed E-state index contributed by atoms with van der Waals surface area (Å²) in [5.74, 6) is 1.74. The molecular weight excluding hydrogens is 683 g/mol. The molecule has 0 saturated carbocycles. The summed E-state index contributed by atoms with van der Waals surface area (Å²) in [4.78, 5) is 36.2. The van der Waals surface area contributed by atoms with E-state index >= 15 is 0 Å². The molecule has 4 aromatic rings. The summed E-state index contributed by atoms with van der Waals surface area (Å²) >= 11 is 0. The number of carbonyl (C=O) groups is 2. The van der Waals surface area contributed by atoms with Crippen LogP contribution in [-0.4, -0.2) is 64.1 Å². The number of benzene rings is 4. The molecule has 4 heterocycles. The number of aliphatic imine (C=N–C) groups is 1. The Balaban J connectivity index is 0.922. The first kappa shape index (κ1) is 33.6. The van der Waals surface area contributed by atoms with Gasteiger partial charge in [-0.2, -0.15) is 0 Å². The van der Waals surface area contributed by atoms with Gasteiger partial charge in [0.05, 0.1) is 55.4 Å². The van der Waals surface area contributed by atoms with Crippen molar-refractivity contribution in [3.63, 3.8) is 0 Å². The maximum Gasteiger partial charge on any atom is 0.261 e. The molecule has 0 spiro atoms. The van der Waals surface area contributed by atoms with Crippen molar-refractivity contribution in [3.05, 3.63) is 118 Å². The Bertz CT molecular complexity index is 2320. The van der Waals surface area contributed by atoms with Crippen molar-refractivity contribution in [3.8, 4) is 23.0 Å². The molecule has 0 aromatic heterocycles. The summed E-state index contributed by atoms with van der Waals surface area (Å²) in [6.45, 7) is 3.22. The topological polar surface area (TPSA) is 128 Å². The van der Waals surface area contributed by atoms with Crippen LogP contribution in [0.5, 0.6) is 23.0 Å². The number of hydrogen-bond acceptors (Lipinski definition) is 9. The normalized spacial score (nSPS) is 21.9. The van der Waals surface area contributed by atoms with Crippen molar-refractivity contribution in [2.24, 2.45) is 16.1 Å². The number of para-hydroxylation sites is 2. The Morgan fingerprint density at radius 1 is 0.833 bits per heavy atom. The standard InChI is InChI=1S/C43H41N5O6/c1-43(24-54-40-18-34-32(16-38(40)52-3)42(50)48-30(22-46-34)14-27-9-5-7-11-36(27)48)19-25(12-28(44)20-43)23-53-39-17-33-31(15-37(39)51-2)41(49)47-29(21-45-33)13-26-8-4-6-10-35(26)47/h4-12,15-19,21,29-30,46H,13-14,20,22-24,44H2,1-3H3/t29-,30-,43?/m0/s1. The monoisotopic (exact) mass is 723 g/mol. The molecule has 1 unspecified atom stereocenters. The fraction of sp³-hybridized carbons (Fsp3) is 0.279. The van der Waals surface area contributed by atoms with Crippen LogP contribution in [0.3, 0.4) is 0 Å². The van der Waals surface area contributed by atoms with Crippen molar-refractivity contribution >= 4 is 40.8 Å². The van der Waals surface area contributed by atoms with Crippen molar-refractivity contribution in [2.45, 2.75) is 38.3 Å². The smallest absolute Gasteiger partial charge is 0.261 e. The molecule has 4 aliphatic heterocycles. The van der Waals surface area contributed by atoms with Crippen molar-refractivity contribution in [1.29, 1.82) is 0 Å². The molecule has 0 fully saturated rings. The summed E-state index contributed by atoms with van der Waals surface area (Å²) in [6, 6.07) is 23.0. The second kappa shape index (κ2) is 13.0. The van der Waals surface area contributed by atoms with Gasteiger partial charge in [0.2, 0.25) is 0 Å². The fourth-order valence-corrected chi connectivity index (χ4v) is 8.48. The first-order chi connectivity index (χ1) is 26.2. The van der Waals surface area contributed by atoms with Crippen LogP contribution in [0.4, 0.5) is 22.7 Å². The van der Waals surface area contributed by atoms with E-state index in [0.29, 0.717) is 77.2 Å². The van der Waals surface area contributed by atoms with Gasteiger partial charge in [-0.1, -0.05) is 49.4 Å². The quantitative estimate of drug-likeness (QED) is 0.208. The molecule has 4 aromatic carbocycles. The molecule has 11 heteroatoms. The number of nitrogens with two attached hydrogens (primary N) is 1. The minimum atomic E-state index is -0.470. The van der Waals surface area contributed by atoms with E-state index in [1.165, 1.54) is 5.56 Å². The molecule has 1 aliphatic carbocycles. The zero-order chi connectivity index (χ0) is 37.1. The largest absolute Gasteiger partial charge is 0.493 e. The van der Waals surface area contributed by atoms with Crippen LogP contribution in [0.15, 0.2) is 101 Å². The van der Waals surface area contributed by atoms with Crippen LogP contribution in [-0.2, 0) is 12.8 Å². The molecule has 0 radical (unpaired) electrons. The average molecular weight is 724 g/mol. The number of allylic oxidation sites excluding steroid dienone is 1. The summed E-state index contributed by atoms with van der Waals surface area (Å²) < 4.78 is 24.3. The van der Waals surface area contributed by atoms with Gasteiger partial charge in [-0.15, -0.1) is 0 Å². The van der Waals surface area contributed by atoms with Gasteiger partial charge in [0.15, 0.2) is 23.0 Å². The molecule has 3 N–H and O–H groups in total. The Labute approximate surface area is 313 Å². The van der Waals surface area contributed by atoms with Gasteiger partial charge in [-0.05, 0) is 59.9 Å². The number of amides is 2. The molecule has 274 valence electrons. The predicted molar refractivity (Wildman–Crippen MR) is 208 cm³/mol. The summed E-state index contributed by atoms with van der Waals surface area (Å²) in [7, 11) is 3.14. The van der Waals surface area contributed by atoms with Gasteiger partial charge in [0.25, 0.3) is 11.8 Å². The lowest BCUT2D eigenvalue weighted by Gasteiger charge is -2.31. The number of hydrogen-bond donors (Lipinski definition) is 2. The maximum atomic E-state index is 13.9. The van der Waals surface area contributed by atoms with Crippen LogP contribution in [0.25, 0.3) is 0 Å². The molecule has 9 rings (SSSR count). The lowest BCUT2D eigenvalue weighted by Crippen LogP contribution is -2.39. The highest BCUT2D eigenvalue weighted by Crippen LogP contribution is 2.43.